The van der Waals surface area contributed by atoms with Gasteiger partial charge in [0.25, 0.3) is 6.26 Å². The molecule has 64 valence electrons. The fourth-order valence-electron chi connectivity index (χ4n) is 1.02. The van der Waals surface area contributed by atoms with Crippen LogP contribution in [0.3, 0.4) is 0 Å². The summed E-state index contributed by atoms with van der Waals surface area (Å²) in [4.78, 5) is 0. The predicted octanol–water partition coefficient (Wildman–Crippen LogP) is 2.00. The van der Waals surface area contributed by atoms with Crippen LogP contribution in [0.5, 0.6) is 5.75 Å². The number of hydrogen-bond acceptors (Lipinski definition) is 4. The van der Waals surface area contributed by atoms with Gasteiger partial charge in [-0.2, -0.15) is 16.4 Å². The summed E-state index contributed by atoms with van der Waals surface area (Å²) < 4.78 is 4.72. The minimum atomic E-state index is 0.459. The summed E-state index contributed by atoms with van der Waals surface area (Å²) in [6, 6.07) is 1.93. The molecule has 0 saturated carbocycles. The largest absolute Gasteiger partial charge is 0.384 e. The van der Waals surface area contributed by atoms with Crippen molar-refractivity contribution in [2.45, 2.75) is 0 Å². The third-order valence-corrected chi connectivity index (χ3v) is 2.25. The highest BCUT2D eigenvalue weighted by molar-refractivity contribution is 7.08. The van der Waals surface area contributed by atoms with E-state index in [1.165, 1.54) is 6.20 Å². The maximum atomic E-state index is 8.35. The maximum Gasteiger partial charge on any atom is 0.292 e. The van der Waals surface area contributed by atoms with Gasteiger partial charge in [-0.05, 0) is 11.4 Å². The number of rotatable bonds is 2. The third-order valence-electron chi connectivity index (χ3n) is 1.57. The molecule has 2 aromatic rings. The summed E-state index contributed by atoms with van der Waals surface area (Å²) >= 11 is 1.58. The van der Waals surface area contributed by atoms with E-state index in [2.05, 4.69) is 10.2 Å². The van der Waals surface area contributed by atoms with E-state index in [0.717, 1.165) is 11.3 Å². The lowest BCUT2D eigenvalue weighted by Gasteiger charge is -1.94. The van der Waals surface area contributed by atoms with Gasteiger partial charge in [0.2, 0.25) is 0 Å². The molecule has 0 radical (unpaired) electrons. The Balaban J connectivity index is 2.42. The van der Waals surface area contributed by atoms with Crippen LogP contribution in [0.25, 0.3) is 11.3 Å². The highest BCUT2D eigenvalue weighted by Gasteiger charge is 2.08. The van der Waals surface area contributed by atoms with Crippen molar-refractivity contribution in [2.75, 3.05) is 0 Å². The van der Waals surface area contributed by atoms with E-state index in [4.69, 9.17) is 10.00 Å². The van der Waals surface area contributed by atoms with Gasteiger partial charge in [-0.25, -0.2) is 0 Å². The lowest BCUT2D eigenvalue weighted by atomic mass is 10.2. The van der Waals surface area contributed by atoms with E-state index >= 15 is 0 Å². The number of hydrogen-bond donors (Lipinski definition) is 1. The molecule has 0 aromatic carbocycles. The Bertz CT molecular complexity index is 426. The maximum absolute atomic E-state index is 8.35. The molecular weight excluding hydrogens is 186 g/mol. The van der Waals surface area contributed by atoms with Crippen LogP contribution in [-0.4, -0.2) is 10.2 Å². The summed E-state index contributed by atoms with van der Waals surface area (Å²) in [6.07, 6.45) is 3.10. The van der Waals surface area contributed by atoms with E-state index in [1.807, 2.05) is 16.8 Å². The zero-order valence-electron chi connectivity index (χ0n) is 6.52. The van der Waals surface area contributed by atoms with Crippen LogP contribution >= 0.6 is 11.3 Å². The monoisotopic (exact) mass is 191 g/mol. The lowest BCUT2D eigenvalue weighted by Crippen LogP contribution is -1.82. The van der Waals surface area contributed by atoms with Crippen LogP contribution < -0.4 is 4.74 Å². The number of aromatic amines is 1. The Morgan fingerprint density at radius 2 is 2.54 bits per heavy atom. The first-order valence-electron chi connectivity index (χ1n) is 3.53. The molecule has 0 atom stereocenters. The second kappa shape index (κ2) is 3.29. The van der Waals surface area contributed by atoms with Crippen molar-refractivity contribution in [2.24, 2.45) is 0 Å². The summed E-state index contributed by atoms with van der Waals surface area (Å²) in [5.41, 5.74) is 1.72. The van der Waals surface area contributed by atoms with Gasteiger partial charge in [0.05, 0.1) is 6.20 Å². The fraction of sp³-hybridized carbons (Fsp3) is 0. The molecule has 0 aliphatic rings. The minimum absolute atomic E-state index is 0.459. The number of thiophene rings is 1. The molecule has 2 aromatic heterocycles. The topological polar surface area (TPSA) is 61.7 Å². The second-order valence-electron chi connectivity index (χ2n) is 2.31. The molecular formula is C8H5N3OS. The Morgan fingerprint density at radius 1 is 1.62 bits per heavy atom. The molecule has 13 heavy (non-hydrogen) atoms. The van der Waals surface area contributed by atoms with Gasteiger partial charge in [-0.3, -0.25) is 5.10 Å². The van der Waals surface area contributed by atoms with Crippen LogP contribution in [0.1, 0.15) is 0 Å². The van der Waals surface area contributed by atoms with Crippen LogP contribution in [0.15, 0.2) is 23.0 Å². The van der Waals surface area contributed by atoms with Crippen LogP contribution in [-0.2, 0) is 0 Å². The van der Waals surface area contributed by atoms with Crippen molar-refractivity contribution in [1.82, 2.24) is 10.2 Å². The Kier molecular flexibility index (Phi) is 1.98. The van der Waals surface area contributed by atoms with E-state index in [1.54, 1.807) is 17.6 Å². The predicted molar refractivity (Wildman–Crippen MR) is 48.1 cm³/mol. The standard InChI is InChI=1S/C8H5N3OS/c9-5-12-7-3-10-11-8(7)6-1-2-13-4-6/h1-4H,(H,10,11). The van der Waals surface area contributed by atoms with E-state index in [0.29, 0.717) is 5.75 Å². The number of nitriles is 1. The molecule has 2 rings (SSSR count). The average molecular weight is 191 g/mol. The molecule has 0 aliphatic carbocycles. The van der Waals surface area contributed by atoms with Gasteiger partial charge in [0, 0.05) is 10.9 Å². The number of H-pyrrole nitrogens is 1. The molecule has 0 amide bonds. The zero-order valence-corrected chi connectivity index (χ0v) is 7.34. The number of nitrogens with zero attached hydrogens (tertiary/aromatic N) is 2. The first kappa shape index (κ1) is 7.83. The molecule has 0 bridgehead atoms. The van der Waals surface area contributed by atoms with E-state index in [9.17, 15) is 0 Å². The molecule has 5 heteroatoms. The molecule has 0 aliphatic heterocycles. The second-order valence-corrected chi connectivity index (χ2v) is 3.09. The first-order valence-corrected chi connectivity index (χ1v) is 4.48. The summed E-state index contributed by atoms with van der Waals surface area (Å²) in [6.45, 7) is 0. The third kappa shape index (κ3) is 1.39. The molecule has 4 nitrogen and oxygen atoms in total. The minimum Gasteiger partial charge on any atom is -0.384 e. The van der Waals surface area contributed by atoms with Crippen LogP contribution in [0.4, 0.5) is 0 Å². The van der Waals surface area contributed by atoms with Crippen molar-refractivity contribution in [3.63, 3.8) is 0 Å². The molecule has 0 spiro atoms. The number of ether oxygens (including phenoxy) is 1. The van der Waals surface area contributed by atoms with Crippen molar-refractivity contribution >= 4 is 11.3 Å². The molecule has 0 saturated heterocycles. The zero-order chi connectivity index (χ0) is 9.10. The van der Waals surface area contributed by atoms with Gasteiger partial charge in [-0.15, -0.1) is 5.26 Å². The molecule has 0 fully saturated rings. The van der Waals surface area contributed by atoms with Gasteiger partial charge >= 0.3 is 0 Å². The van der Waals surface area contributed by atoms with Gasteiger partial charge in [0.1, 0.15) is 5.69 Å². The molecule has 2 heterocycles. The van der Waals surface area contributed by atoms with E-state index in [-0.39, 0.29) is 0 Å². The van der Waals surface area contributed by atoms with Crippen molar-refractivity contribution < 1.29 is 4.74 Å². The number of nitrogens with one attached hydrogen (secondary N) is 1. The van der Waals surface area contributed by atoms with Gasteiger partial charge in [0.15, 0.2) is 5.75 Å². The van der Waals surface area contributed by atoms with Crippen molar-refractivity contribution in [3.8, 4) is 23.3 Å². The lowest BCUT2D eigenvalue weighted by molar-refractivity contribution is 0.509. The Morgan fingerprint density at radius 3 is 3.23 bits per heavy atom. The quantitative estimate of drug-likeness (QED) is 0.738. The molecule has 0 unspecified atom stereocenters. The average Bonchev–Trinajstić information content (AvgIpc) is 2.71. The van der Waals surface area contributed by atoms with Crippen LogP contribution in [0.2, 0.25) is 0 Å². The highest BCUT2D eigenvalue weighted by Crippen LogP contribution is 2.28. The summed E-state index contributed by atoms with van der Waals surface area (Å²) in [5.74, 6) is 0.459. The SMILES string of the molecule is N#COc1cn[nH]c1-c1ccsc1. The fourth-order valence-corrected chi connectivity index (χ4v) is 1.66. The molecule has 1 N–H and O–H groups in total. The Labute approximate surface area is 78.4 Å². The van der Waals surface area contributed by atoms with Gasteiger partial charge in [-0.1, -0.05) is 0 Å². The van der Waals surface area contributed by atoms with Crippen molar-refractivity contribution in [3.05, 3.63) is 23.0 Å². The highest BCUT2D eigenvalue weighted by atomic mass is 32.1. The Hall–Kier alpha value is -1.80. The summed E-state index contributed by atoms with van der Waals surface area (Å²) in [5, 5.41) is 18.8. The van der Waals surface area contributed by atoms with Crippen LogP contribution in [0, 0.1) is 11.5 Å². The normalized spacial score (nSPS) is 9.46. The van der Waals surface area contributed by atoms with E-state index < -0.39 is 0 Å². The van der Waals surface area contributed by atoms with Gasteiger partial charge < -0.3 is 4.74 Å². The van der Waals surface area contributed by atoms with Crippen molar-refractivity contribution in [1.29, 1.82) is 5.26 Å². The summed E-state index contributed by atoms with van der Waals surface area (Å²) in [7, 11) is 0. The smallest absolute Gasteiger partial charge is 0.292 e. The first-order chi connectivity index (χ1) is 6.42. The number of aromatic nitrogens is 2.